The maximum absolute atomic E-state index is 9.67. The number of ether oxygens (including phenoxy) is 1. The maximum atomic E-state index is 9.67. The van der Waals surface area contributed by atoms with Crippen LogP contribution in [-0.4, -0.2) is 20.8 Å². The van der Waals surface area contributed by atoms with Crippen LogP contribution in [0.15, 0.2) is 0 Å². The van der Waals surface area contributed by atoms with E-state index in [0.29, 0.717) is 0 Å². The van der Waals surface area contributed by atoms with E-state index in [9.17, 15) is 12.9 Å². The Morgan fingerprint density at radius 2 is 1.27 bits per heavy atom. The van der Waals surface area contributed by atoms with Crippen LogP contribution >= 0.6 is 0 Å². The molecule has 2 nitrogen and oxygen atoms in total. The Morgan fingerprint density at radius 1 is 1.09 bits per heavy atom. The molecule has 11 heavy (non-hydrogen) atoms. The molecule has 0 aromatic rings. The van der Waals surface area contributed by atoms with Gasteiger partial charge in [0, 0.05) is 13.2 Å². The van der Waals surface area contributed by atoms with E-state index >= 15 is 0 Å². The molecule has 0 radical (unpaired) electrons. The molecular formula is C4H10BF3HgO2. The second-order valence-electron chi connectivity index (χ2n) is 1.03. The van der Waals surface area contributed by atoms with Crippen molar-refractivity contribution in [1.82, 2.24) is 0 Å². The van der Waals surface area contributed by atoms with Crippen LogP contribution in [0.25, 0.3) is 0 Å². The minimum absolute atomic E-state index is 0. The molecule has 0 saturated carbocycles. The molecule has 0 aromatic heterocycles. The SMILES string of the molecule is CCOCC.FB(F)F.[Hg+2].[O-2]. The van der Waals surface area contributed by atoms with Gasteiger partial charge >= 0.3 is 35.2 Å². The van der Waals surface area contributed by atoms with Gasteiger partial charge in [0.25, 0.3) is 0 Å². The third-order valence-corrected chi connectivity index (χ3v) is 0.408. The smallest absolute Gasteiger partial charge is 2.00 e. The molecule has 0 aliphatic heterocycles. The molecule has 0 aliphatic carbocycles. The Bertz CT molecular complexity index is 47.6. The average Bonchev–Trinajstić information content (AvgIpc) is 1.66. The minimum atomic E-state index is -3.67. The van der Waals surface area contributed by atoms with Crippen molar-refractivity contribution in [3.05, 3.63) is 0 Å². The van der Waals surface area contributed by atoms with Gasteiger partial charge in [-0.25, -0.2) is 0 Å². The fraction of sp³-hybridized carbons (Fsp3) is 1.00. The van der Waals surface area contributed by atoms with Gasteiger partial charge in [0.2, 0.25) is 0 Å². The summed E-state index contributed by atoms with van der Waals surface area (Å²) in [5.74, 6) is 0. The Hall–Kier alpha value is 0.710. The largest absolute Gasteiger partial charge is 2.00 e. The molecule has 0 aliphatic rings. The first kappa shape index (κ1) is 22.6. The zero-order valence-electron chi connectivity index (χ0n) is 6.65. The van der Waals surface area contributed by atoms with Gasteiger partial charge in [-0.05, 0) is 13.8 Å². The van der Waals surface area contributed by atoms with Crippen molar-refractivity contribution in [3.8, 4) is 0 Å². The standard InChI is InChI=1S/C4H10O.BF3.Hg.O/c1-3-5-4-2;2-1(3)4;;/h3-4H2,1-2H3;;;/q;;+2;-2. The van der Waals surface area contributed by atoms with Crippen molar-refractivity contribution >= 4 is 7.54 Å². The zero-order chi connectivity index (χ0) is 7.70. The van der Waals surface area contributed by atoms with E-state index in [1.807, 2.05) is 13.8 Å². The molecule has 0 amide bonds. The number of rotatable bonds is 2. The summed E-state index contributed by atoms with van der Waals surface area (Å²) in [5.41, 5.74) is 0. The van der Waals surface area contributed by atoms with Crippen molar-refractivity contribution in [3.63, 3.8) is 0 Å². The predicted molar refractivity (Wildman–Crippen MR) is 31.9 cm³/mol. The van der Waals surface area contributed by atoms with E-state index in [2.05, 4.69) is 0 Å². The van der Waals surface area contributed by atoms with Gasteiger partial charge < -0.3 is 10.2 Å². The molecule has 0 heterocycles. The second-order valence-corrected chi connectivity index (χ2v) is 1.03. The summed E-state index contributed by atoms with van der Waals surface area (Å²) in [7, 11) is -3.67. The van der Waals surface area contributed by atoms with Crippen molar-refractivity contribution in [2.75, 3.05) is 13.2 Å². The van der Waals surface area contributed by atoms with E-state index in [4.69, 9.17) is 4.74 Å². The average molecular weight is 359 g/mol. The quantitative estimate of drug-likeness (QED) is 0.694. The molecule has 0 fully saturated rings. The number of halogens is 3. The van der Waals surface area contributed by atoms with Crippen LogP contribution in [0.5, 0.6) is 0 Å². The minimum Gasteiger partial charge on any atom is -2.00 e. The Balaban J connectivity index is -0.0000000383. The van der Waals surface area contributed by atoms with E-state index in [1.165, 1.54) is 0 Å². The molecule has 0 atom stereocenters. The Morgan fingerprint density at radius 3 is 1.27 bits per heavy atom. The van der Waals surface area contributed by atoms with Gasteiger partial charge in [0.1, 0.15) is 0 Å². The third kappa shape index (κ3) is 111. The van der Waals surface area contributed by atoms with Gasteiger partial charge in [0.15, 0.2) is 0 Å². The fourth-order valence-electron chi connectivity index (χ4n) is 0.204. The van der Waals surface area contributed by atoms with Gasteiger partial charge in [-0.2, -0.15) is 0 Å². The van der Waals surface area contributed by atoms with Gasteiger partial charge in [-0.15, -0.1) is 0 Å². The molecule has 0 N–H and O–H groups in total. The van der Waals surface area contributed by atoms with Crippen molar-refractivity contribution in [1.29, 1.82) is 0 Å². The molecule has 64 valence electrons. The van der Waals surface area contributed by atoms with Crippen molar-refractivity contribution in [2.45, 2.75) is 13.8 Å². The zero-order valence-corrected chi connectivity index (χ0v) is 12.1. The first-order valence-electron chi connectivity index (χ1n) is 2.65. The van der Waals surface area contributed by atoms with E-state index in [0.717, 1.165) is 13.2 Å². The summed E-state index contributed by atoms with van der Waals surface area (Å²) in [6.45, 7) is 5.67. The summed E-state index contributed by atoms with van der Waals surface area (Å²) in [5, 5.41) is 0. The molecule has 0 bridgehead atoms. The third-order valence-electron chi connectivity index (χ3n) is 0.408. The molecule has 0 rings (SSSR count). The van der Waals surface area contributed by atoms with Gasteiger partial charge in [0.05, 0.1) is 0 Å². The van der Waals surface area contributed by atoms with Crippen LogP contribution in [0.1, 0.15) is 13.8 Å². The van der Waals surface area contributed by atoms with Gasteiger partial charge in [-0.3, -0.25) is 12.9 Å². The van der Waals surface area contributed by atoms with Crippen LogP contribution in [0.4, 0.5) is 12.9 Å². The van der Waals surface area contributed by atoms with E-state index in [1.54, 1.807) is 0 Å². The van der Waals surface area contributed by atoms with Crippen molar-refractivity contribution in [2.24, 2.45) is 0 Å². The topological polar surface area (TPSA) is 37.7 Å². The van der Waals surface area contributed by atoms with Crippen LogP contribution in [-0.2, 0) is 37.9 Å². The molecule has 0 spiro atoms. The molecule has 0 saturated heterocycles. The summed E-state index contributed by atoms with van der Waals surface area (Å²) >= 11 is 0. The summed E-state index contributed by atoms with van der Waals surface area (Å²) in [4.78, 5) is 0. The van der Waals surface area contributed by atoms with Crippen LogP contribution in [0.3, 0.4) is 0 Å². The first-order chi connectivity index (χ1) is 4.15. The second kappa shape index (κ2) is 22.4. The number of hydrogen-bond donors (Lipinski definition) is 0. The molecule has 0 unspecified atom stereocenters. The fourth-order valence-corrected chi connectivity index (χ4v) is 0.204. The normalized spacial score (nSPS) is 6.27. The summed E-state index contributed by atoms with van der Waals surface area (Å²) in [6.07, 6.45) is 0. The molecule has 0 aromatic carbocycles. The Labute approximate surface area is 85.5 Å². The summed E-state index contributed by atoms with van der Waals surface area (Å²) in [6, 6.07) is 0. The number of hydrogen-bond acceptors (Lipinski definition) is 1. The monoisotopic (exact) mass is 360 g/mol. The van der Waals surface area contributed by atoms with Gasteiger partial charge in [-0.1, -0.05) is 0 Å². The van der Waals surface area contributed by atoms with E-state index < -0.39 is 7.54 Å². The van der Waals surface area contributed by atoms with Crippen LogP contribution in [0, 0.1) is 0 Å². The maximum Gasteiger partial charge on any atom is 2.00 e. The molecule has 7 heteroatoms. The van der Waals surface area contributed by atoms with Crippen molar-refractivity contribution < 1.29 is 50.8 Å². The first-order valence-corrected chi connectivity index (χ1v) is 2.65. The molecular weight excluding hydrogens is 348 g/mol. The predicted octanol–water partition coefficient (Wildman–Crippen LogP) is 1.80. The van der Waals surface area contributed by atoms with Crippen LogP contribution in [0.2, 0.25) is 0 Å². The Kier molecular flexibility index (Phi) is 46.1. The summed E-state index contributed by atoms with van der Waals surface area (Å²) < 4.78 is 33.8. The van der Waals surface area contributed by atoms with Crippen LogP contribution < -0.4 is 0 Å². The van der Waals surface area contributed by atoms with E-state index in [-0.39, 0.29) is 33.1 Å².